The van der Waals surface area contributed by atoms with Gasteiger partial charge in [-0.1, -0.05) is 5.16 Å². The maximum absolute atomic E-state index is 5.34. The number of nitrogens with one attached hydrogen (secondary N) is 2. The Kier molecular flexibility index (Phi) is 6.05. The fourth-order valence-corrected chi connectivity index (χ4v) is 1.23. The van der Waals surface area contributed by atoms with E-state index in [4.69, 9.17) is 15.1 Å². The minimum Gasteiger partial charge on any atom is -0.385 e. The molecule has 1 heterocycles. The molecule has 1 aromatic rings. The lowest BCUT2D eigenvalue weighted by molar-refractivity contribution is 0.195. The fourth-order valence-electron chi connectivity index (χ4n) is 1.23. The Morgan fingerprint density at radius 2 is 2.47 bits per heavy atom. The number of guanidine groups is 1. The number of rotatable bonds is 6. The van der Waals surface area contributed by atoms with E-state index in [-0.39, 0.29) is 0 Å². The minimum atomic E-state index is 0.425. The molecular weight excluding hydrogens is 222 g/mol. The molecule has 0 aliphatic carbocycles. The van der Waals surface area contributed by atoms with Crippen molar-refractivity contribution in [2.45, 2.75) is 19.9 Å². The standard InChI is InChI=1S/C10H19N5O2/c1-8-6-9(15-17-8)7-13-10(14-11)12-4-3-5-16-2/h6H,3-5,7,11H2,1-2H3,(H2,12,13,14). The molecule has 0 unspecified atom stereocenters. The first-order chi connectivity index (χ1) is 8.26. The van der Waals surface area contributed by atoms with Crippen LogP contribution in [0, 0.1) is 6.92 Å². The van der Waals surface area contributed by atoms with Crippen molar-refractivity contribution in [2.75, 3.05) is 20.3 Å². The highest BCUT2D eigenvalue weighted by molar-refractivity contribution is 5.79. The third kappa shape index (κ3) is 5.32. The molecule has 0 radical (unpaired) electrons. The van der Waals surface area contributed by atoms with E-state index in [9.17, 15) is 0 Å². The second kappa shape index (κ2) is 7.64. The van der Waals surface area contributed by atoms with Crippen LogP contribution < -0.4 is 16.6 Å². The Balaban J connectivity index is 2.33. The van der Waals surface area contributed by atoms with E-state index in [2.05, 4.69) is 20.9 Å². The summed E-state index contributed by atoms with van der Waals surface area (Å²) in [6.07, 6.45) is 0.889. The molecule has 0 fully saturated rings. The summed E-state index contributed by atoms with van der Waals surface area (Å²) in [7, 11) is 1.67. The second-order valence-corrected chi connectivity index (χ2v) is 3.51. The predicted molar refractivity (Wildman–Crippen MR) is 64.2 cm³/mol. The molecule has 1 rings (SSSR count). The fraction of sp³-hybridized carbons (Fsp3) is 0.600. The topological polar surface area (TPSA) is 97.7 Å². The van der Waals surface area contributed by atoms with Gasteiger partial charge in [-0.05, 0) is 13.3 Å². The summed E-state index contributed by atoms with van der Waals surface area (Å²) in [5.41, 5.74) is 3.27. The van der Waals surface area contributed by atoms with E-state index in [1.807, 2.05) is 13.0 Å². The van der Waals surface area contributed by atoms with Crippen LogP contribution in [0.4, 0.5) is 0 Å². The molecule has 4 N–H and O–H groups in total. The van der Waals surface area contributed by atoms with Crippen molar-refractivity contribution in [2.24, 2.45) is 10.8 Å². The SMILES string of the molecule is COCCCNC(=NCc1cc(C)on1)NN. The normalized spacial score (nSPS) is 11.6. The van der Waals surface area contributed by atoms with Crippen molar-refractivity contribution in [3.8, 4) is 0 Å². The van der Waals surface area contributed by atoms with Gasteiger partial charge in [0.05, 0.1) is 6.54 Å². The van der Waals surface area contributed by atoms with Crippen LogP contribution in [0.15, 0.2) is 15.6 Å². The third-order valence-electron chi connectivity index (χ3n) is 2.03. The summed E-state index contributed by atoms with van der Waals surface area (Å²) in [5.74, 6) is 6.64. The number of hydrogen-bond acceptors (Lipinski definition) is 5. The minimum absolute atomic E-state index is 0.425. The first kappa shape index (κ1) is 13.5. The van der Waals surface area contributed by atoms with Gasteiger partial charge < -0.3 is 14.6 Å². The molecular formula is C10H19N5O2. The van der Waals surface area contributed by atoms with Gasteiger partial charge in [0, 0.05) is 26.3 Å². The van der Waals surface area contributed by atoms with Crippen molar-refractivity contribution in [3.63, 3.8) is 0 Å². The summed E-state index contributed by atoms with van der Waals surface area (Å²) in [6, 6.07) is 1.84. The Hall–Kier alpha value is -1.60. The lowest BCUT2D eigenvalue weighted by atomic mass is 10.4. The number of nitrogens with zero attached hydrogens (tertiary/aromatic N) is 2. The highest BCUT2D eigenvalue weighted by atomic mass is 16.5. The van der Waals surface area contributed by atoms with Gasteiger partial charge in [0.1, 0.15) is 11.5 Å². The van der Waals surface area contributed by atoms with Crippen molar-refractivity contribution < 1.29 is 9.26 Å². The summed E-state index contributed by atoms with van der Waals surface area (Å²) < 4.78 is 9.87. The molecule has 17 heavy (non-hydrogen) atoms. The van der Waals surface area contributed by atoms with Gasteiger partial charge in [0.2, 0.25) is 5.96 Å². The van der Waals surface area contributed by atoms with Crippen LogP contribution in [-0.4, -0.2) is 31.4 Å². The number of aryl methyl sites for hydroxylation is 1. The van der Waals surface area contributed by atoms with Crippen LogP contribution in [0.2, 0.25) is 0 Å². The quantitative estimate of drug-likeness (QED) is 0.212. The highest BCUT2D eigenvalue weighted by Crippen LogP contribution is 2.02. The van der Waals surface area contributed by atoms with Crippen molar-refractivity contribution in [1.82, 2.24) is 15.9 Å². The molecule has 0 amide bonds. The average Bonchev–Trinajstić information content (AvgIpc) is 2.74. The van der Waals surface area contributed by atoms with Crippen LogP contribution in [0.5, 0.6) is 0 Å². The van der Waals surface area contributed by atoms with Gasteiger partial charge in [-0.25, -0.2) is 10.8 Å². The molecule has 96 valence electrons. The molecule has 0 bridgehead atoms. The largest absolute Gasteiger partial charge is 0.385 e. The maximum atomic E-state index is 5.34. The van der Waals surface area contributed by atoms with E-state index < -0.39 is 0 Å². The van der Waals surface area contributed by atoms with Crippen LogP contribution in [0.3, 0.4) is 0 Å². The van der Waals surface area contributed by atoms with E-state index in [0.29, 0.717) is 19.1 Å². The molecule has 0 saturated heterocycles. The van der Waals surface area contributed by atoms with Gasteiger partial charge in [-0.2, -0.15) is 0 Å². The maximum Gasteiger partial charge on any atom is 0.206 e. The van der Waals surface area contributed by atoms with Gasteiger partial charge >= 0.3 is 0 Å². The van der Waals surface area contributed by atoms with Crippen molar-refractivity contribution in [1.29, 1.82) is 0 Å². The Labute approximate surface area is 100 Å². The van der Waals surface area contributed by atoms with Gasteiger partial charge in [-0.3, -0.25) is 5.43 Å². The Morgan fingerprint density at radius 3 is 3.06 bits per heavy atom. The van der Waals surface area contributed by atoms with E-state index in [0.717, 1.165) is 24.4 Å². The third-order valence-corrected chi connectivity index (χ3v) is 2.03. The molecule has 0 aromatic carbocycles. The Bertz CT molecular complexity index is 350. The molecule has 0 saturated carbocycles. The number of hydrazine groups is 1. The van der Waals surface area contributed by atoms with Crippen LogP contribution in [-0.2, 0) is 11.3 Å². The van der Waals surface area contributed by atoms with Crippen LogP contribution in [0.1, 0.15) is 17.9 Å². The smallest absolute Gasteiger partial charge is 0.206 e. The molecule has 0 aliphatic heterocycles. The molecule has 7 heteroatoms. The first-order valence-corrected chi connectivity index (χ1v) is 5.42. The van der Waals surface area contributed by atoms with Crippen LogP contribution in [0.25, 0.3) is 0 Å². The average molecular weight is 241 g/mol. The zero-order valence-corrected chi connectivity index (χ0v) is 10.2. The van der Waals surface area contributed by atoms with Gasteiger partial charge in [0.25, 0.3) is 0 Å². The molecule has 1 aromatic heterocycles. The summed E-state index contributed by atoms with van der Waals surface area (Å²) in [6.45, 7) is 3.71. The summed E-state index contributed by atoms with van der Waals surface area (Å²) in [4.78, 5) is 4.23. The summed E-state index contributed by atoms with van der Waals surface area (Å²) >= 11 is 0. The van der Waals surface area contributed by atoms with E-state index in [1.54, 1.807) is 7.11 Å². The lowest BCUT2D eigenvalue weighted by Gasteiger charge is -2.07. The zero-order valence-electron chi connectivity index (χ0n) is 10.2. The monoisotopic (exact) mass is 241 g/mol. The number of aromatic nitrogens is 1. The predicted octanol–water partition coefficient (Wildman–Crippen LogP) is -0.0716. The summed E-state index contributed by atoms with van der Waals surface area (Å²) in [5, 5.41) is 6.89. The lowest BCUT2D eigenvalue weighted by Crippen LogP contribution is -2.42. The van der Waals surface area contributed by atoms with Gasteiger partial charge in [0.15, 0.2) is 0 Å². The molecule has 0 spiro atoms. The number of ether oxygens (including phenoxy) is 1. The van der Waals surface area contributed by atoms with Gasteiger partial charge in [-0.15, -0.1) is 0 Å². The number of aliphatic imine (C=N–C) groups is 1. The van der Waals surface area contributed by atoms with E-state index in [1.165, 1.54) is 0 Å². The van der Waals surface area contributed by atoms with Crippen molar-refractivity contribution >= 4 is 5.96 Å². The molecule has 0 atom stereocenters. The first-order valence-electron chi connectivity index (χ1n) is 5.42. The zero-order chi connectivity index (χ0) is 12.5. The van der Waals surface area contributed by atoms with E-state index >= 15 is 0 Å². The second-order valence-electron chi connectivity index (χ2n) is 3.51. The van der Waals surface area contributed by atoms with Crippen LogP contribution >= 0.6 is 0 Å². The number of hydrogen-bond donors (Lipinski definition) is 3. The highest BCUT2D eigenvalue weighted by Gasteiger charge is 2.00. The molecule has 7 nitrogen and oxygen atoms in total. The number of nitrogens with two attached hydrogens (primary N) is 1. The molecule has 0 aliphatic rings. The van der Waals surface area contributed by atoms with Crippen molar-refractivity contribution in [3.05, 3.63) is 17.5 Å². The number of methoxy groups -OCH3 is 1. The Morgan fingerprint density at radius 1 is 1.65 bits per heavy atom.